The SMILES string of the molecule is CCCCN=C(NCCc1ccco1)N1CCS(=O)(=O)C(C)(C)C1.I. The molecule has 1 aliphatic rings. The Morgan fingerprint density at radius 3 is 2.80 bits per heavy atom. The number of hydrogen-bond donors (Lipinski definition) is 1. The predicted molar refractivity (Wildman–Crippen MR) is 112 cm³/mol. The van der Waals surface area contributed by atoms with Crippen LogP contribution in [0, 0.1) is 0 Å². The molecule has 0 spiro atoms. The Labute approximate surface area is 168 Å². The second-order valence-corrected chi connectivity index (χ2v) is 9.56. The number of unbranched alkanes of at least 4 members (excludes halogenated alkanes) is 1. The molecule has 0 aliphatic carbocycles. The fourth-order valence-electron chi connectivity index (χ4n) is 2.69. The first-order valence-electron chi connectivity index (χ1n) is 8.63. The zero-order valence-electron chi connectivity index (χ0n) is 15.3. The van der Waals surface area contributed by atoms with Gasteiger partial charge in [-0.25, -0.2) is 8.42 Å². The fraction of sp³-hybridized carbons (Fsp3) is 0.706. The maximum atomic E-state index is 12.2. The first kappa shape index (κ1) is 22.3. The molecule has 2 heterocycles. The molecule has 25 heavy (non-hydrogen) atoms. The lowest BCUT2D eigenvalue weighted by Crippen LogP contribution is -2.57. The predicted octanol–water partition coefficient (Wildman–Crippen LogP) is 2.69. The summed E-state index contributed by atoms with van der Waals surface area (Å²) in [4.78, 5) is 6.74. The molecule has 0 unspecified atom stereocenters. The van der Waals surface area contributed by atoms with Crippen LogP contribution in [-0.2, 0) is 16.3 Å². The van der Waals surface area contributed by atoms with Crippen molar-refractivity contribution < 1.29 is 12.8 Å². The Morgan fingerprint density at radius 1 is 1.44 bits per heavy atom. The van der Waals surface area contributed by atoms with Crippen molar-refractivity contribution in [1.82, 2.24) is 10.2 Å². The Morgan fingerprint density at radius 2 is 2.20 bits per heavy atom. The van der Waals surface area contributed by atoms with E-state index < -0.39 is 14.6 Å². The van der Waals surface area contributed by atoms with Crippen LogP contribution in [0.2, 0.25) is 0 Å². The first-order chi connectivity index (χ1) is 11.4. The lowest BCUT2D eigenvalue weighted by molar-refractivity contribution is 0.352. The number of furan rings is 1. The number of rotatable bonds is 6. The molecule has 1 N–H and O–H groups in total. The van der Waals surface area contributed by atoms with Crippen molar-refractivity contribution in [2.24, 2.45) is 4.99 Å². The van der Waals surface area contributed by atoms with Gasteiger partial charge in [0.05, 0.1) is 16.8 Å². The molecule has 0 amide bonds. The van der Waals surface area contributed by atoms with Gasteiger partial charge in [-0.2, -0.15) is 0 Å². The summed E-state index contributed by atoms with van der Waals surface area (Å²) < 4.78 is 29.0. The highest BCUT2D eigenvalue weighted by Gasteiger charge is 2.40. The summed E-state index contributed by atoms with van der Waals surface area (Å²) in [5.74, 6) is 1.90. The van der Waals surface area contributed by atoms with Gasteiger partial charge in [-0.05, 0) is 32.4 Å². The summed E-state index contributed by atoms with van der Waals surface area (Å²) in [7, 11) is -3.05. The van der Waals surface area contributed by atoms with Crippen molar-refractivity contribution in [3.05, 3.63) is 24.2 Å². The zero-order chi connectivity index (χ0) is 17.6. The second-order valence-electron chi connectivity index (χ2n) is 6.82. The van der Waals surface area contributed by atoms with Crippen molar-refractivity contribution in [3.63, 3.8) is 0 Å². The van der Waals surface area contributed by atoms with Crippen LogP contribution in [-0.4, -0.2) is 56.0 Å². The van der Waals surface area contributed by atoms with Crippen molar-refractivity contribution in [2.75, 3.05) is 31.9 Å². The van der Waals surface area contributed by atoms with Gasteiger partial charge in [-0.15, -0.1) is 24.0 Å². The number of sulfone groups is 1. The maximum Gasteiger partial charge on any atom is 0.194 e. The topological polar surface area (TPSA) is 74.9 Å². The average Bonchev–Trinajstić information content (AvgIpc) is 3.02. The normalized spacial score (nSPS) is 19.3. The number of nitrogens with zero attached hydrogens (tertiary/aromatic N) is 2. The van der Waals surface area contributed by atoms with Gasteiger partial charge in [0, 0.05) is 32.6 Å². The summed E-state index contributed by atoms with van der Waals surface area (Å²) in [6.45, 7) is 8.14. The van der Waals surface area contributed by atoms with E-state index in [1.165, 1.54) is 0 Å². The lowest BCUT2D eigenvalue weighted by atomic mass is 10.2. The highest BCUT2D eigenvalue weighted by molar-refractivity contribution is 14.0. The van der Waals surface area contributed by atoms with Crippen LogP contribution < -0.4 is 5.32 Å². The quantitative estimate of drug-likeness (QED) is 0.292. The van der Waals surface area contributed by atoms with Crippen molar-refractivity contribution in [3.8, 4) is 0 Å². The van der Waals surface area contributed by atoms with Gasteiger partial charge in [0.15, 0.2) is 15.8 Å². The summed E-state index contributed by atoms with van der Waals surface area (Å²) in [5, 5.41) is 3.37. The fourth-order valence-corrected chi connectivity index (χ4v) is 4.05. The molecule has 8 heteroatoms. The van der Waals surface area contributed by atoms with Crippen molar-refractivity contribution >= 4 is 39.8 Å². The molecule has 0 saturated carbocycles. The molecule has 1 aromatic rings. The molecule has 1 saturated heterocycles. The van der Waals surface area contributed by atoms with Gasteiger partial charge < -0.3 is 14.6 Å². The molecule has 0 bridgehead atoms. The van der Waals surface area contributed by atoms with Crippen molar-refractivity contribution in [2.45, 2.75) is 44.8 Å². The number of nitrogens with one attached hydrogen (secondary N) is 1. The van der Waals surface area contributed by atoms with Crippen LogP contribution in [0.1, 0.15) is 39.4 Å². The van der Waals surface area contributed by atoms with Crippen LogP contribution in [0.4, 0.5) is 0 Å². The largest absolute Gasteiger partial charge is 0.469 e. The second kappa shape index (κ2) is 9.80. The van der Waals surface area contributed by atoms with Crippen LogP contribution in [0.3, 0.4) is 0 Å². The smallest absolute Gasteiger partial charge is 0.194 e. The van der Waals surface area contributed by atoms with Crippen molar-refractivity contribution in [1.29, 1.82) is 0 Å². The summed E-state index contributed by atoms with van der Waals surface area (Å²) in [6, 6.07) is 3.83. The first-order valence-corrected chi connectivity index (χ1v) is 10.3. The highest BCUT2D eigenvalue weighted by Crippen LogP contribution is 2.23. The third kappa shape index (κ3) is 6.16. The molecule has 0 atom stereocenters. The summed E-state index contributed by atoms with van der Waals surface area (Å²) in [5.41, 5.74) is 0. The molecule has 0 radical (unpaired) electrons. The average molecular weight is 483 g/mol. The Kier molecular flexibility index (Phi) is 8.73. The monoisotopic (exact) mass is 483 g/mol. The number of aliphatic imine (C=N–C) groups is 1. The van der Waals surface area contributed by atoms with E-state index in [-0.39, 0.29) is 29.7 Å². The van der Waals surface area contributed by atoms with Crippen LogP contribution >= 0.6 is 24.0 Å². The van der Waals surface area contributed by atoms with Gasteiger partial charge >= 0.3 is 0 Å². The van der Waals surface area contributed by atoms with E-state index in [2.05, 4.69) is 22.1 Å². The van der Waals surface area contributed by atoms with Crippen LogP contribution in [0.25, 0.3) is 0 Å². The molecule has 0 aromatic carbocycles. The van der Waals surface area contributed by atoms with E-state index in [0.717, 1.165) is 37.5 Å². The molecule has 1 fully saturated rings. The zero-order valence-corrected chi connectivity index (χ0v) is 18.5. The van der Waals surface area contributed by atoms with Gasteiger partial charge in [0.2, 0.25) is 0 Å². The minimum absolute atomic E-state index is 0. The third-order valence-corrected chi connectivity index (χ3v) is 6.88. The minimum atomic E-state index is -3.05. The number of guanidine groups is 1. The van der Waals surface area contributed by atoms with Gasteiger partial charge in [-0.1, -0.05) is 13.3 Å². The Bertz CT molecular complexity index is 642. The number of halogens is 1. The van der Waals surface area contributed by atoms with E-state index in [0.29, 0.717) is 19.6 Å². The Hall–Kier alpha value is -0.770. The van der Waals surface area contributed by atoms with E-state index in [9.17, 15) is 8.42 Å². The van der Waals surface area contributed by atoms with E-state index in [1.54, 1.807) is 20.1 Å². The van der Waals surface area contributed by atoms with Gasteiger partial charge in [0.1, 0.15) is 5.76 Å². The molecule has 144 valence electrons. The van der Waals surface area contributed by atoms with E-state index >= 15 is 0 Å². The highest BCUT2D eigenvalue weighted by atomic mass is 127. The molecule has 1 aromatic heterocycles. The van der Waals surface area contributed by atoms with Crippen LogP contribution in [0.15, 0.2) is 27.8 Å². The van der Waals surface area contributed by atoms with Crippen LogP contribution in [0.5, 0.6) is 0 Å². The summed E-state index contributed by atoms with van der Waals surface area (Å²) in [6.07, 6.45) is 4.56. The molecular formula is C17H30IN3O3S. The van der Waals surface area contributed by atoms with Gasteiger partial charge in [-0.3, -0.25) is 4.99 Å². The molecule has 6 nitrogen and oxygen atoms in total. The third-order valence-electron chi connectivity index (χ3n) is 4.35. The Balaban J connectivity index is 0.00000312. The van der Waals surface area contributed by atoms with E-state index in [1.807, 2.05) is 12.1 Å². The summed E-state index contributed by atoms with van der Waals surface area (Å²) >= 11 is 0. The van der Waals surface area contributed by atoms with E-state index in [4.69, 9.17) is 4.42 Å². The molecule has 1 aliphatic heterocycles. The van der Waals surface area contributed by atoms with Gasteiger partial charge in [0.25, 0.3) is 0 Å². The lowest BCUT2D eigenvalue weighted by Gasteiger charge is -2.39. The maximum absolute atomic E-state index is 12.2. The minimum Gasteiger partial charge on any atom is -0.469 e. The number of hydrogen-bond acceptors (Lipinski definition) is 4. The standard InChI is InChI=1S/C17H29N3O3S.HI/c1-4-5-9-18-16(19-10-8-15-7-6-12-23-15)20-11-13-24(21,22)17(2,3)14-20;/h6-7,12H,4-5,8-11,13-14H2,1-3H3,(H,18,19);1H. The molecule has 2 rings (SSSR count). The molecular weight excluding hydrogens is 453 g/mol.